The molecule has 0 unspecified atom stereocenters. The fraction of sp³-hybridized carbons (Fsp3) is 0.571. The molecule has 0 bridgehead atoms. The Morgan fingerprint density at radius 1 is 1.42 bits per heavy atom. The lowest BCUT2D eigenvalue weighted by Gasteiger charge is -2.08. The molecule has 0 amide bonds. The summed E-state index contributed by atoms with van der Waals surface area (Å²) in [5, 5.41) is 3.18. The summed E-state index contributed by atoms with van der Waals surface area (Å²) < 4.78 is 10.1. The van der Waals surface area contributed by atoms with E-state index in [4.69, 9.17) is 4.74 Å². The summed E-state index contributed by atoms with van der Waals surface area (Å²) in [6.07, 6.45) is 3.88. The number of aromatic nitrogens is 1. The van der Waals surface area contributed by atoms with Gasteiger partial charge in [-0.1, -0.05) is 0 Å². The molecule has 0 aliphatic heterocycles. The van der Waals surface area contributed by atoms with Crippen molar-refractivity contribution in [1.82, 2.24) is 4.98 Å². The second kappa shape index (κ2) is 8.48. The SMILES string of the molecule is COC(=O)c1ccnc(NCCCCOC(C)C)c1. The van der Waals surface area contributed by atoms with Gasteiger partial charge in [-0.3, -0.25) is 0 Å². The zero-order chi connectivity index (χ0) is 14.1. The van der Waals surface area contributed by atoms with Crippen LogP contribution in [-0.2, 0) is 9.47 Å². The van der Waals surface area contributed by atoms with Gasteiger partial charge in [0.05, 0.1) is 18.8 Å². The topological polar surface area (TPSA) is 60.5 Å². The van der Waals surface area contributed by atoms with Crippen molar-refractivity contribution < 1.29 is 14.3 Å². The third-order valence-electron chi connectivity index (χ3n) is 2.51. The van der Waals surface area contributed by atoms with Crippen LogP contribution in [0, 0.1) is 0 Å². The van der Waals surface area contributed by atoms with Gasteiger partial charge in [0.15, 0.2) is 0 Å². The van der Waals surface area contributed by atoms with Crippen molar-refractivity contribution in [1.29, 1.82) is 0 Å². The normalized spacial score (nSPS) is 10.5. The van der Waals surface area contributed by atoms with Gasteiger partial charge in [0.2, 0.25) is 0 Å². The Hall–Kier alpha value is -1.62. The maximum atomic E-state index is 11.4. The highest BCUT2D eigenvalue weighted by molar-refractivity contribution is 5.89. The molecule has 106 valence electrons. The van der Waals surface area contributed by atoms with Crippen molar-refractivity contribution in [3.8, 4) is 0 Å². The minimum absolute atomic E-state index is 0.284. The number of rotatable bonds is 8. The van der Waals surface area contributed by atoms with Crippen LogP contribution in [0.15, 0.2) is 18.3 Å². The summed E-state index contributed by atoms with van der Waals surface area (Å²) in [5.74, 6) is 0.337. The molecule has 5 heteroatoms. The van der Waals surface area contributed by atoms with Gasteiger partial charge in [0.1, 0.15) is 5.82 Å². The second-order valence-electron chi connectivity index (χ2n) is 4.47. The van der Waals surface area contributed by atoms with Gasteiger partial charge in [-0.15, -0.1) is 0 Å². The number of methoxy groups -OCH3 is 1. The first-order chi connectivity index (χ1) is 9.13. The van der Waals surface area contributed by atoms with Gasteiger partial charge in [-0.2, -0.15) is 0 Å². The fourth-order valence-electron chi connectivity index (χ4n) is 1.53. The van der Waals surface area contributed by atoms with E-state index >= 15 is 0 Å². The van der Waals surface area contributed by atoms with E-state index in [-0.39, 0.29) is 12.1 Å². The number of unbranched alkanes of at least 4 members (excludes halogenated alkanes) is 1. The van der Waals surface area contributed by atoms with Crippen molar-refractivity contribution in [2.24, 2.45) is 0 Å². The first-order valence-electron chi connectivity index (χ1n) is 6.53. The summed E-state index contributed by atoms with van der Waals surface area (Å²) in [6, 6.07) is 3.32. The molecule has 19 heavy (non-hydrogen) atoms. The summed E-state index contributed by atoms with van der Waals surface area (Å²) in [7, 11) is 1.37. The van der Waals surface area contributed by atoms with Crippen LogP contribution in [0.25, 0.3) is 0 Å². The number of ether oxygens (including phenoxy) is 2. The highest BCUT2D eigenvalue weighted by Gasteiger charge is 2.05. The number of hydrogen-bond donors (Lipinski definition) is 1. The molecule has 0 atom stereocenters. The number of anilines is 1. The van der Waals surface area contributed by atoms with Crippen molar-refractivity contribution in [2.45, 2.75) is 32.8 Å². The zero-order valence-corrected chi connectivity index (χ0v) is 11.8. The number of pyridine rings is 1. The van der Waals surface area contributed by atoms with Crippen LogP contribution in [0.1, 0.15) is 37.0 Å². The van der Waals surface area contributed by atoms with E-state index in [9.17, 15) is 4.79 Å². The van der Waals surface area contributed by atoms with Gasteiger partial charge in [-0.25, -0.2) is 9.78 Å². The van der Waals surface area contributed by atoms with Crippen molar-refractivity contribution in [3.05, 3.63) is 23.9 Å². The van der Waals surface area contributed by atoms with Crippen molar-refractivity contribution >= 4 is 11.8 Å². The fourth-order valence-corrected chi connectivity index (χ4v) is 1.53. The van der Waals surface area contributed by atoms with Gasteiger partial charge in [0, 0.05) is 19.3 Å². The number of nitrogens with one attached hydrogen (secondary N) is 1. The van der Waals surface area contributed by atoms with E-state index in [0.717, 1.165) is 26.0 Å². The van der Waals surface area contributed by atoms with E-state index in [2.05, 4.69) is 15.0 Å². The molecule has 0 aliphatic carbocycles. The van der Waals surface area contributed by atoms with Crippen molar-refractivity contribution in [2.75, 3.05) is 25.6 Å². The molecule has 0 aliphatic rings. The number of carbonyl (C=O) groups excluding carboxylic acids is 1. The molecule has 1 N–H and O–H groups in total. The van der Waals surface area contributed by atoms with E-state index in [1.54, 1.807) is 18.3 Å². The largest absolute Gasteiger partial charge is 0.465 e. The van der Waals surface area contributed by atoms with Crippen LogP contribution < -0.4 is 5.32 Å². The maximum absolute atomic E-state index is 11.4. The third-order valence-corrected chi connectivity index (χ3v) is 2.51. The van der Waals surface area contributed by atoms with Crippen LogP contribution in [0.2, 0.25) is 0 Å². The Kier molecular flexibility index (Phi) is 6.89. The predicted octanol–water partition coefficient (Wildman–Crippen LogP) is 2.49. The molecule has 5 nitrogen and oxygen atoms in total. The van der Waals surface area contributed by atoms with Crippen LogP contribution >= 0.6 is 0 Å². The van der Waals surface area contributed by atoms with Crippen LogP contribution in [0.4, 0.5) is 5.82 Å². The monoisotopic (exact) mass is 266 g/mol. The Bertz CT molecular complexity index is 394. The molecule has 1 heterocycles. The number of hydrogen-bond acceptors (Lipinski definition) is 5. The first kappa shape index (κ1) is 15.4. The minimum atomic E-state index is -0.351. The molecular weight excluding hydrogens is 244 g/mol. The molecule has 0 saturated carbocycles. The summed E-state index contributed by atoms with van der Waals surface area (Å²) >= 11 is 0. The molecule has 0 spiro atoms. The molecular formula is C14H22N2O3. The highest BCUT2D eigenvalue weighted by Crippen LogP contribution is 2.08. The van der Waals surface area contributed by atoms with Gasteiger partial charge in [-0.05, 0) is 38.8 Å². The Balaban J connectivity index is 2.27. The Morgan fingerprint density at radius 2 is 2.21 bits per heavy atom. The molecule has 0 aromatic carbocycles. The predicted molar refractivity (Wildman–Crippen MR) is 74.4 cm³/mol. The number of esters is 1. The molecule has 0 fully saturated rings. The summed E-state index contributed by atoms with van der Waals surface area (Å²) in [4.78, 5) is 15.5. The number of carbonyl (C=O) groups is 1. The lowest BCUT2D eigenvalue weighted by molar-refractivity contribution is 0.0600. The molecule has 0 radical (unpaired) electrons. The minimum Gasteiger partial charge on any atom is -0.465 e. The van der Waals surface area contributed by atoms with E-state index < -0.39 is 0 Å². The van der Waals surface area contributed by atoms with Gasteiger partial charge >= 0.3 is 5.97 Å². The molecule has 1 rings (SSSR count). The van der Waals surface area contributed by atoms with E-state index in [1.165, 1.54) is 7.11 Å². The lowest BCUT2D eigenvalue weighted by atomic mass is 10.2. The Labute approximate surface area is 114 Å². The van der Waals surface area contributed by atoms with E-state index in [1.807, 2.05) is 13.8 Å². The van der Waals surface area contributed by atoms with Gasteiger partial charge < -0.3 is 14.8 Å². The van der Waals surface area contributed by atoms with Crippen LogP contribution in [0.5, 0.6) is 0 Å². The average Bonchev–Trinajstić information content (AvgIpc) is 2.41. The summed E-state index contributed by atoms with van der Waals surface area (Å²) in [6.45, 7) is 5.63. The van der Waals surface area contributed by atoms with E-state index in [0.29, 0.717) is 11.4 Å². The average molecular weight is 266 g/mol. The first-order valence-corrected chi connectivity index (χ1v) is 6.53. The zero-order valence-electron chi connectivity index (χ0n) is 11.8. The standard InChI is InChI=1S/C14H22N2O3/c1-11(2)19-9-5-4-7-15-13-10-12(6-8-16-13)14(17)18-3/h6,8,10-11H,4-5,7,9H2,1-3H3,(H,15,16). The second-order valence-corrected chi connectivity index (χ2v) is 4.47. The number of nitrogens with zero attached hydrogens (tertiary/aromatic N) is 1. The van der Waals surface area contributed by atoms with Crippen LogP contribution in [0.3, 0.4) is 0 Å². The summed E-state index contributed by atoms with van der Waals surface area (Å²) in [5.41, 5.74) is 0.503. The molecule has 0 saturated heterocycles. The third kappa shape index (κ3) is 6.20. The smallest absolute Gasteiger partial charge is 0.338 e. The lowest BCUT2D eigenvalue weighted by Crippen LogP contribution is -2.08. The van der Waals surface area contributed by atoms with Gasteiger partial charge in [0.25, 0.3) is 0 Å². The highest BCUT2D eigenvalue weighted by atomic mass is 16.5. The molecule has 1 aromatic rings. The Morgan fingerprint density at radius 3 is 2.89 bits per heavy atom. The van der Waals surface area contributed by atoms with Crippen LogP contribution in [-0.4, -0.2) is 37.3 Å². The quantitative estimate of drug-likeness (QED) is 0.578. The molecule has 1 aromatic heterocycles. The maximum Gasteiger partial charge on any atom is 0.338 e. The van der Waals surface area contributed by atoms with Crippen molar-refractivity contribution in [3.63, 3.8) is 0 Å².